The lowest BCUT2D eigenvalue weighted by atomic mass is 9.95. The number of piperazine rings is 1. The molecule has 2 aromatic heterocycles. The molecular formula is C31H32F2N6O2. The maximum atomic E-state index is 15.0. The smallest absolute Gasteiger partial charge is 0.217 e. The molecule has 2 unspecified atom stereocenters. The zero-order valence-corrected chi connectivity index (χ0v) is 22.7. The van der Waals surface area contributed by atoms with Gasteiger partial charge in [0.05, 0.1) is 16.6 Å². The van der Waals surface area contributed by atoms with Gasteiger partial charge in [-0.3, -0.25) is 4.90 Å². The van der Waals surface area contributed by atoms with Crippen LogP contribution in [0.5, 0.6) is 11.6 Å². The molecule has 0 amide bonds. The van der Waals surface area contributed by atoms with Crippen molar-refractivity contribution in [2.24, 2.45) is 0 Å². The van der Waals surface area contributed by atoms with Crippen LogP contribution in [-0.4, -0.2) is 75.4 Å². The third-order valence-electron chi connectivity index (χ3n) is 9.61. The number of pyridine rings is 1. The Hall–Kier alpha value is -3.63. The second-order valence-corrected chi connectivity index (χ2v) is 12.1. The van der Waals surface area contributed by atoms with Gasteiger partial charge in [-0.1, -0.05) is 6.07 Å². The van der Waals surface area contributed by atoms with Gasteiger partial charge in [-0.25, -0.2) is 18.7 Å². The predicted molar refractivity (Wildman–Crippen MR) is 152 cm³/mol. The highest BCUT2D eigenvalue weighted by Gasteiger charge is 2.45. The summed E-state index contributed by atoms with van der Waals surface area (Å²) in [5, 5.41) is 15.2. The summed E-state index contributed by atoms with van der Waals surface area (Å²) in [5.74, 6) is -1.38. The minimum atomic E-state index is -1.000. The van der Waals surface area contributed by atoms with E-state index in [1.807, 2.05) is 6.07 Å². The van der Waals surface area contributed by atoms with Crippen LogP contribution < -0.4 is 15.0 Å². The van der Waals surface area contributed by atoms with Crippen molar-refractivity contribution in [1.82, 2.24) is 25.2 Å². The van der Waals surface area contributed by atoms with Gasteiger partial charge in [0.25, 0.3) is 0 Å². The summed E-state index contributed by atoms with van der Waals surface area (Å²) in [6.45, 7) is 4.56. The molecule has 4 saturated heterocycles. The topological polar surface area (TPSA) is 86.6 Å². The summed E-state index contributed by atoms with van der Waals surface area (Å²) in [7, 11) is 0. The predicted octanol–water partition coefficient (Wildman–Crippen LogP) is 4.78. The summed E-state index contributed by atoms with van der Waals surface area (Å²) in [4.78, 5) is 19.1. The molecule has 2 atom stereocenters. The van der Waals surface area contributed by atoms with Crippen LogP contribution >= 0.6 is 0 Å². The molecule has 0 spiro atoms. The minimum absolute atomic E-state index is 0.0233. The van der Waals surface area contributed by atoms with Crippen LogP contribution in [0.3, 0.4) is 0 Å². The van der Waals surface area contributed by atoms with Gasteiger partial charge in [-0.2, -0.15) is 4.98 Å². The summed E-state index contributed by atoms with van der Waals surface area (Å²) in [5.41, 5.74) is 1.68. The first-order valence-corrected chi connectivity index (χ1v) is 14.6. The Bertz CT molecular complexity index is 1660. The van der Waals surface area contributed by atoms with E-state index in [1.165, 1.54) is 31.0 Å². The number of fused-ring (bicyclic) bond motifs is 5. The van der Waals surface area contributed by atoms with Crippen molar-refractivity contribution in [2.45, 2.75) is 56.1 Å². The fraction of sp³-hybridized carbons (Fsp3) is 0.452. The van der Waals surface area contributed by atoms with Crippen LogP contribution in [0, 0.1) is 11.6 Å². The Morgan fingerprint density at radius 1 is 1.02 bits per heavy atom. The number of hydrogen-bond acceptors (Lipinski definition) is 8. The largest absolute Gasteiger partial charge is 0.508 e. The van der Waals surface area contributed by atoms with Gasteiger partial charge in [-0.15, -0.1) is 0 Å². The lowest BCUT2D eigenvalue weighted by molar-refractivity contribution is 0.111. The van der Waals surface area contributed by atoms with Crippen molar-refractivity contribution >= 4 is 27.5 Å². The first kappa shape index (κ1) is 25.1. The summed E-state index contributed by atoms with van der Waals surface area (Å²) < 4.78 is 35.8. The number of hydrogen-bond donors (Lipinski definition) is 2. The lowest BCUT2D eigenvalue weighted by Crippen LogP contribution is -2.51. The van der Waals surface area contributed by atoms with Crippen LogP contribution in [0.15, 0.2) is 36.5 Å². The molecule has 41 heavy (non-hydrogen) atoms. The van der Waals surface area contributed by atoms with Crippen LogP contribution in [-0.2, 0) is 0 Å². The van der Waals surface area contributed by atoms with Gasteiger partial charge < -0.3 is 20.1 Å². The summed E-state index contributed by atoms with van der Waals surface area (Å²) >= 11 is 0. The minimum Gasteiger partial charge on any atom is -0.508 e. The highest BCUT2D eigenvalue weighted by atomic mass is 19.2. The van der Waals surface area contributed by atoms with E-state index in [0.717, 1.165) is 69.0 Å². The molecule has 2 aromatic carbocycles. The standard InChI is InChI=1S/C31H32F2N6O2/c32-24-6-3-18-11-21(40)12-22(27(18)28(24)33)29-34-14-23-25(38-15-19-4-5-20(16-38)35-19)13-26(36-30(23)37-29)41-17-31-7-1-9-39(31)10-2-8-31/h3,6,11-14,19-20,35,40H,1-2,4-5,7-10,15-17H2. The fourth-order valence-corrected chi connectivity index (χ4v) is 7.66. The van der Waals surface area contributed by atoms with Crippen molar-refractivity contribution in [3.05, 3.63) is 48.2 Å². The molecule has 8 rings (SSSR count). The van der Waals surface area contributed by atoms with E-state index < -0.39 is 11.6 Å². The SMILES string of the molecule is Oc1cc(-c2ncc3c(N4CC5CCC(C4)N5)cc(OCC45CCCN4CCC5)nc3n2)c2c(F)c(F)ccc2c1. The number of rotatable bonds is 5. The van der Waals surface area contributed by atoms with Gasteiger partial charge in [0.2, 0.25) is 5.88 Å². The molecule has 0 radical (unpaired) electrons. The van der Waals surface area contributed by atoms with Gasteiger partial charge in [0, 0.05) is 48.4 Å². The van der Waals surface area contributed by atoms with Crippen LogP contribution in [0.4, 0.5) is 14.5 Å². The number of nitrogens with zero attached hydrogens (tertiary/aromatic N) is 5. The number of phenolic OH excluding ortho intramolecular Hbond substituents is 1. The zero-order valence-electron chi connectivity index (χ0n) is 22.7. The van der Waals surface area contributed by atoms with E-state index in [0.29, 0.717) is 35.6 Å². The number of phenols is 1. The van der Waals surface area contributed by atoms with E-state index in [-0.39, 0.29) is 28.1 Å². The quantitative estimate of drug-likeness (QED) is 0.362. The first-order valence-electron chi connectivity index (χ1n) is 14.6. The van der Waals surface area contributed by atoms with Crippen molar-refractivity contribution in [2.75, 3.05) is 37.7 Å². The number of aromatic hydroxyl groups is 1. The molecule has 8 nitrogen and oxygen atoms in total. The monoisotopic (exact) mass is 558 g/mol. The van der Waals surface area contributed by atoms with Gasteiger partial charge in [0.1, 0.15) is 12.4 Å². The van der Waals surface area contributed by atoms with E-state index in [2.05, 4.69) is 20.1 Å². The maximum absolute atomic E-state index is 15.0. The molecule has 10 heteroatoms. The molecule has 0 aliphatic carbocycles. The van der Waals surface area contributed by atoms with Gasteiger partial charge in [-0.05, 0) is 75.2 Å². The lowest BCUT2D eigenvalue weighted by Gasteiger charge is -2.35. The van der Waals surface area contributed by atoms with Crippen LogP contribution in [0.25, 0.3) is 33.2 Å². The molecule has 4 fully saturated rings. The number of anilines is 1. The zero-order chi connectivity index (χ0) is 27.7. The van der Waals surface area contributed by atoms with Crippen molar-refractivity contribution < 1.29 is 18.6 Å². The Kier molecular flexibility index (Phi) is 5.79. The molecule has 6 heterocycles. The number of aromatic nitrogens is 3. The van der Waals surface area contributed by atoms with E-state index in [4.69, 9.17) is 14.7 Å². The number of ether oxygens (including phenoxy) is 1. The van der Waals surface area contributed by atoms with Crippen LogP contribution in [0.2, 0.25) is 0 Å². The number of benzene rings is 2. The van der Waals surface area contributed by atoms with E-state index in [1.54, 1.807) is 6.20 Å². The molecule has 0 saturated carbocycles. The van der Waals surface area contributed by atoms with Gasteiger partial charge in [0.15, 0.2) is 23.1 Å². The Morgan fingerprint density at radius 3 is 2.59 bits per heavy atom. The van der Waals surface area contributed by atoms with E-state index in [9.17, 15) is 9.50 Å². The molecular weight excluding hydrogens is 526 g/mol. The van der Waals surface area contributed by atoms with Crippen LogP contribution in [0.1, 0.15) is 38.5 Å². The normalized spacial score (nSPS) is 23.5. The number of nitrogens with one attached hydrogen (secondary N) is 1. The summed E-state index contributed by atoms with van der Waals surface area (Å²) in [6.07, 6.45) is 8.65. The second kappa shape index (κ2) is 9.46. The van der Waals surface area contributed by atoms with Crippen molar-refractivity contribution in [1.29, 1.82) is 0 Å². The highest BCUT2D eigenvalue weighted by molar-refractivity contribution is 5.98. The Balaban J connectivity index is 1.24. The average Bonchev–Trinajstić information content (AvgIpc) is 3.66. The number of halogens is 2. The summed E-state index contributed by atoms with van der Waals surface area (Å²) in [6, 6.07) is 8.14. The second-order valence-electron chi connectivity index (χ2n) is 12.1. The van der Waals surface area contributed by atoms with Crippen molar-refractivity contribution in [3.63, 3.8) is 0 Å². The molecule has 4 aliphatic heterocycles. The third-order valence-corrected chi connectivity index (χ3v) is 9.61. The third kappa shape index (κ3) is 4.18. The molecule has 212 valence electrons. The molecule has 2 bridgehead atoms. The highest BCUT2D eigenvalue weighted by Crippen LogP contribution is 2.40. The average molecular weight is 559 g/mol. The molecule has 2 N–H and O–H groups in total. The Labute approximate surface area is 236 Å². The maximum Gasteiger partial charge on any atom is 0.217 e. The molecule has 4 aromatic rings. The van der Waals surface area contributed by atoms with E-state index >= 15 is 4.39 Å². The fourth-order valence-electron chi connectivity index (χ4n) is 7.66. The van der Waals surface area contributed by atoms with Gasteiger partial charge >= 0.3 is 0 Å². The molecule has 4 aliphatic rings. The first-order chi connectivity index (χ1) is 20.0. The van der Waals surface area contributed by atoms with Crippen molar-refractivity contribution in [3.8, 4) is 23.0 Å². The Morgan fingerprint density at radius 2 is 1.80 bits per heavy atom.